The van der Waals surface area contributed by atoms with Gasteiger partial charge in [0.1, 0.15) is 5.58 Å². The number of rotatable bonds is 5. The van der Waals surface area contributed by atoms with E-state index in [9.17, 15) is 0 Å². The maximum Gasteiger partial charge on any atom is 0.159 e. The van der Waals surface area contributed by atoms with E-state index < -0.39 is 0 Å². The summed E-state index contributed by atoms with van der Waals surface area (Å²) in [7, 11) is 0. The van der Waals surface area contributed by atoms with E-state index in [1.165, 1.54) is 65.3 Å². The van der Waals surface area contributed by atoms with E-state index in [1.807, 2.05) is 6.07 Å². The summed E-state index contributed by atoms with van der Waals surface area (Å²) in [5.41, 5.74) is 9.75. The number of fused-ring (bicyclic) bond motifs is 9. The number of hydrogen-bond donors (Lipinski definition) is 0. The van der Waals surface area contributed by atoms with Crippen LogP contribution in [-0.4, -0.2) is 0 Å². The Morgan fingerprint density at radius 1 is 0.315 bits per heavy atom. The van der Waals surface area contributed by atoms with Crippen molar-refractivity contribution in [2.75, 3.05) is 4.90 Å². The van der Waals surface area contributed by atoms with Crippen molar-refractivity contribution in [3.05, 3.63) is 200 Å². The molecule has 2 heteroatoms. The molecule has 0 saturated carbocycles. The Labute approximate surface area is 312 Å². The molecule has 0 spiro atoms. The van der Waals surface area contributed by atoms with Gasteiger partial charge in [-0.05, 0) is 90.3 Å². The van der Waals surface area contributed by atoms with Crippen LogP contribution in [0.2, 0.25) is 0 Å². The van der Waals surface area contributed by atoms with Crippen molar-refractivity contribution < 1.29 is 4.42 Å². The number of furan rings is 1. The quantitative estimate of drug-likeness (QED) is 0.168. The smallest absolute Gasteiger partial charge is 0.159 e. The third kappa shape index (κ3) is 4.67. The molecule has 0 aliphatic heterocycles. The minimum absolute atomic E-state index is 0.864. The lowest BCUT2D eigenvalue weighted by Crippen LogP contribution is -2.11. The average molecular weight is 688 g/mol. The first kappa shape index (κ1) is 30.5. The van der Waals surface area contributed by atoms with Gasteiger partial charge in [-0.1, -0.05) is 170 Å². The fraction of sp³-hybridized carbons (Fsp3) is 0. The van der Waals surface area contributed by atoms with E-state index in [1.54, 1.807) is 0 Å². The van der Waals surface area contributed by atoms with Crippen molar-refractivity contribution in [3.8, 4) is 22.3 Å². The highest BCUT2D eigenvalue weighted by Crippen LogP contribution is 2.49. The molecule has 0 radical (unpaired) electrons. The fourth-order valence-electron chi connectivity index (χ4n) is 8.66. The molecular formula is C52H33NO. The molecule has 0 unspecified atom stereocenters. The molecule has 0 bridgehead atoms. The second-order valence-electron chi connectivity index (χ2n) is 14.0. The third-order valence-corrected chi connectivity index (χ3v) is 11.0. The molecule has 0 aliphatic carbocycles. The summed E-state index contributed by atoms with van der Waals surface area (Å²) in [6.07, 6.45) is 0. The van der Waals surface area contributed by atoms with Gasteiger partial charge in [0.25, 0.3) is 0 Å². The number of hydrogen-bond acceptors (Lipinski definition) is 2. The normalized spacial score (nSPS) is 11.7. The van der Waals surface area contributed by atoms with Crippen LogP contribution in [0, 0.1) is 0 Å². The minimum atomic E-state index is 0.864. The predicted molar refractivity (Wildman–Crippen MR) is 229 cm³/mol. The van der Waals surface area contributed by atoms with Crippen molar-refractivity contribution >= 4 is 82.1 Å². The lowest BCUT2D eigenvalue weighted by molar-refractivity contribution is 0.669. The van der Waals surface area contributed by atoms with E-state index in [4.69, 9.17) is 4.42 Å². The summed E-state index contributed by atoms with van der Waals surface area (Å²) >= 11 is 0. The highest BCUT2D eigenvalue weighted by Gasteiger charge is 2.24. The first-order chi connectivity index (χ1) is 26.8. The summed E-state index contributed by atoms with van der Waals surface area (Å²) in [6, 6.07) is 72.3. The molecule has 0 N–H and O–H groups in total. The second-order valence-corrected chi connectivity index (χ2v) is 14.0. The van der Waals surface area contributed by atoms with Gasteiger partial charge in [-0.2, -0.15) is 0 Å². The van der Waals surface area contributed by atoms with Crippen LogP contribution < -0.4 is 4.90 Å². The van der Waals surface area contributed by atoms with Crippen molar-refractivity contribution in [2.24, 2.45) is 0 Å². The second kappa shape index (κ2) is 12.2. The van der Waals surface area contributed by atoms with Crippen LogP contribution in [0.15, 0.2) is 205 Å². The van der Waals surface area contributed by atoms with E-state index in [2.05, 4.69) is 199 Å². The third-order valence-electron chi connectivity index (χ3n) is 11.0. The van der Waals surface area contributed by atoms with E-state index >= 15 is 0 Å². The molecule has 0 fully saturated rings. The molecule has 252 valence electrons. The van der Waals surface area contributed by atoms with Gasteiger partial charge in [0.2, 0.25) is 0 Å². The molecule has 11 rings (SSSR count). The Morgan fingerprint density at radius 3 is 1.59 bits per heavy atom. The van der Waals surface area contributed by atoms with E-state index in [-0.39, 0.29) is 0 Å². The number of benzene rings is 10. The largest absolute Gasteiger partial charge is 0.454 e. The molecule has 0 amide bonds. The Kier molecular flexibility index (Phi) is 6.90. The van der Waals surface area contributed by atoms with Gasteiger partial charge in [-0.25, -0.2) is 0 Å². The molecule has 54 heavy (non-hydrogen) atoms. The molecule has 2 nitrogen and oxygen atoms in total. The SMILES string of the molecule is c1ccc(-c2c(-c3ccccc3)c3cc(N(c4cc5ccccc5c5ccccc45)c4cccc5c4oc4ccccc45)ccc3c3ccccc23)cc1. The van der Waals surface area contributed by atoms with Crippen molar-refractivity contribution in [1.82, 2.24) is 0 Å². The van der Waals surface area contributed by atoms with Crippen molar-refractivity contribution in [2.45, 2.75) is 0 Å². The van der Waals surface area contributed by atoms with Crippen LogP contribution in [0.4, 0.5) is 17.1 Å². The van der Waals surface area contributed by atoms with Gasteiger partial charge in [0, 0.05) is 21.8 Å². The van der Waals surface area contributed by atoms with E-state index in [0.717, 1.165) is 39.0 Å². The average Bonchev–Trinajstić information content (AvgIpc) is 3.63. The van der Waals surface area contributed by atoms with Crippen LogP contribution in [0.1, 0.15) is 0 Å². The zero-order valence-corrected chi connectivity index (χ0v) is 29.4. The van der Waals surface area contributed by atoms with Crippen LogP contribution in [0.5, 0.6) is 0 Å². The Bertz CT molecular complexity index is 3210. The lowest BCUT2D eigenvalue weighted by Gasteiger charge is -2.28. The standard InChI is InChI=1S/C52H33NO/c1-3-16-34(17-4-1)50-44-26-12-10-23-40(44)41-31-30-37(33-46(41)51(50)35-18-5-2-6-19-35)53(47-28-15-27-45-43-25-13-14-29-49(43)54-52(45)47)48-32-36-20-7-8-21-38(36)39-22-9-11-24-42(39)48/h1-33H. The minimum Gasteiger partial charge on any atom is -0.454 e. The van der Waals surface area contributed by atoms with Crippen LogP contribution in [-0.2, 0) is 0 Å². The van der Waals surface area contributed by atoms with Crippen LogP contribution >= 0.6 is 0 Å². The van der Waals surface area contributed by atoms with Gasteiger partial charge in [0.05, 0.1) is 11.4 Å². The summed E-state index contributed by atoms with van der Waals surface area (Å²) in [6.45, 7) is 0. The fourth-order valence-corrected chi connectivity index (χ4v) is 8.66. The zero-order chi connectivity index (χ0) is 35.6. The molecule has 0 aliphatic rings. The number of para-hydroxylation sites is 2. The lowest BCUT2D eigenvalue weighted by atomic mass is 9.85. The first-order valence-corrected chi connectivity index (χ1v) is 18.5. The van der Waals surface area contributed by atoms with Crippen LogP contribution in [0.3, 0.4) is 0 Å². The zero-order valence-electron chi connectivity index (χ0n) is 29.4. The highest BCUT2D eigenvalue weighted by atomic mass is 16.3. The molecule has 0 saturated heterocycles. The summed E-state index contributed by atoms with van der Waals surface area (Å²) < 4.78 is 6.78. The monoisotopic (exact) mass is 687 g/mol. The topological polar surface area (TPSA) is 16.4 Å². The van der Waals surface area contributed by atoms with Gasteiger partial charge in [-0.15, -0.1) is 0 Å². The summed E-state index contributed by atoms with van der Waals surface area (Å²) in [5, 5.41) is 11.9. The van der Waals surface area contributed by atoms with E-state index in [0.29, 0.717) is 0 Å². The first-order valence-electron chi connectivity index (χ1n) is 18.5. The molecule has 0 atom stereocenters. The maximum atomic E-state index is 6.78. The highest BCUT2D eigenvalue weighted by molar-refractivity contribution is 6.23. The van der Waals surface area contributed by atoms with Crippen molar-refractivity contribution in [3.63, 3.8) is 0 Å². The Hall–Kier alpha value is -7.16. The molecule has 1 heterocycles. The summed E-state index contributed by atoms with van der Waals surface area (Å²) in [4.78, 5) is 2.42. The van der Waals surface area contributed by atoms with Gasteiger partial charge < -0.3 is 9.32 Å². The summed E-state index contributed by atoms with van der Waals surface area (Å²) in [5.74, 6) is 0. The Morgan fingerprint density at radius 2 is 0.852 bits per heavy atom. The predicted octanol–water partition coefficient (Wildman–Crippen LogP) is 15.0. The van der Waals surface area contributed by atoms with Gasteiger partial charge in [-0.3, -0.25) is 0 Å². The molecular weight excluding hydrogens is 655 g/mol. The van der Waals surface area contributed by atoms with Gasteiger partial charge >= 0.3 is 0 Å². The number of nitrogens with zero attached hydrogens (tertiary/aromatic N) is 1. The molecule has 11 aromatic rings. The van der Waals surface area contributed by atoms with Gasteiger partial charge in [0.15, 0.2) is 5.58 Å². The van der Waals surface area contributed by atoms with Crippen molar-refractivity contribution in [1.29, 1.82) is 0 Å². The van der Waals surface area contributed by atoms with Crippen LogP contribution in [0.25, 0.3) is 87.3 Å². The number of anilines is 3. The maximum absolute atomic E-state index is 6.78. The Balaban J connectivity index is 1.30. The molecule has 1 aromatic heterocycles. The molecule has 10 aromatic carbocycles.